The average molecular weight is 919 g/mol. The van der Waals surface area contributed by atoms with Gasteiger partial charge in [0, 0.05) is 12.8 Å². The quantitative estimate of drug-likeness (QED) is 0.0167. The van der Waals surface area contributed by atoms with Crippen LogP contribution >= 0.6 is 15.6 Å². The van der Waals surface area contributed by atoms with Gasteiger partial charge in [-0.2, -0.15) is 0 Å². The monoisotopic (exact) mass is 918 g/mol. The minimum atomic E-state index is -4.79. The van der Waals surface area contributed by atoms with E-state index in [9.17, 15) is 43.8 Å². The Balaban J connectivity index is 3.96. The lowest BCUT2D eigenvalue weighted by Crippen LogP contribution is -2.25. The molecule has 0 aromatic rings. The van der Waals surface area contributed by atoms with Crippen LogP contribution in [0, 0.1) is 0 Å². The van der Waals surface area contributed by atoms with Crippen LogP contribution in [0.25, 0.3) is 0 Å². The Labute approximate surface area is 370 Å². The second-order valence-corrected chi connectivity index (χ2v) is 17.4. The minimum Gasteiger partial charge on any atom is -0.463 e. The maximum absolute atomic E-state index is 12.1. The first-order valence-corrected chi connectivity index (χ1v) is 25.0. The first kappa shape index (κ1) is 59.2. The number of allylic oxidation sites excluding steroid dienone is 14. The van der Waals surface area contributed by atoms with Gasteiger partial charge in [-0.15, -0.1) is 0 Å². The molecule has 62 heavy (non-hydrogen) atoms. The summed E-state index contributed by atoms with van der Waals surface area (Å²) in [5.41, 5.74) is 0. The molecule has 5 unspecified atom stereocenters. The fourth-order valence-electron chi connectivity index (χ4n) is 5.10. The highest BCUT2D eigenvalue weighted by molar-refractivity contribution is 7.47. The van der Waals surface area contributed by atoms with E-state index >= 15 is 0 Å². The number of carbonyl (C=O) groups is 2. The van der Waals surface area contributed by atoms with Crippen LogP contribution in [-0.4, -0.2) is 95.0 Å². The van der Waals surface area contributed by atoms with Gasteiger partial charge in [-0.1, -0.05) is 150 Å². The van der Waals surface area contributed by atoms with Crippen molar-refractivity contribution in [1.82, 2.24) is 0 Å². The fraction of sp³-hybridized carbons (Fsp3) is 0.644. The largest absolute Gasteiger partial charge is 0.472 e. The second kappa shape index (κ2) is 41.0. The maximum atomic E-state index is 12.1. The van der Waals surface area contributed by atoms with Gasteiger partial charge in [0.2, 0.25) is 0 Å². The first-order valence-electron chi connectivity index (χ1n) is 22.0. The van der Waals surface area contributed by atoms with Crippen molar-refractivity contribution in [1.29, 1.82) is 0 Å². The van der Waals surface area contributed by atoms with Crippen LogP contribution in [-0.2, 0) is 46.3 Å². The molecule has 0 aliphatic heterocycles. The van der Waals surface area contributed by atoms with Gasteiger partial charge in [0.15, 0.2) is 0 Å². The lowest BCUT2D eigenvalue weighted by atomic mass is 10.1. The van der Waals surface area contributed by atoms with Crippen molar-refractivity contribution in [2.45, 2.75) is 148 Å². The Bertz CT molecular complexity index is 1440. The highest BCUT2D eigenvalue weighted by atomic mass is 31.2. The van der Waals surface area contributed by atoms with Crippen molar-refractivity contribution in [2.75, 3.05) is 39.6 Å². The molecule has 0 aromatic heterocycles. The van der Waals surface area contributed by atoms with Crippen LogP contribution in [0.2, 0.25) is 0 Å². The van der Waals surface area contributed by atoms with E-state index in [1.807, 2.05) is 54.7 Å². The maximum Gasteiger partial charge on any atom is 0.472 e. The van der Waals surface area contributed by atoms with Crippen LogP contribution in [0.15, 0.2) is 85.1 Å². The summed E-state index contributed by atoms with van der Waals surface area (Å²) in [5.74, 6) is -1.04. The summed E-state index contributed by atoms with van der Waals surface area (Å²) in [5, 5.41) is 30.0. The molecule has 0 saturated carbocycles. The molecule has 0 radical (unpaired) electrons. The smallest absolute Gasteiger partial charge is 0.463 e. The third-order valence-electron chi connectivity index (χ3n) is 8.50. The Morgan fingerprint density at radius 3 is 1.03 bits per heavy atom. The minimum absolute atomic E-state index is 0.166. The van der Waals surface area contributed by atoms with Crippen molar-refractivity contribution in [2.24, 2.45) is 0 Å². The summed E-state index contributed by atoms with van der Waals surface area (Å²) >= 11 is 0. The van der Waals surface area contributed by atoms with Crippen LogP contribution < -0.4 is 0 Å². The first-order chi connectivity index (χ1) is 29.8. The van der Waals surface area contributed by atoms with E-state index in [1.165, 1.54) is 0 Å². The summed E-state index contributed by atoms with van der Waals surface area (Å²) < 4.78 is 52.8. The zero-order chi connectivity index (χ0) is 46.0. The van der Waals surface area contributed by atoms with Crippen LogP contribution in [0.1, 0.15) is 129 Å². The number of phosphoric ester groups is 2. The number of rotatable bonds is 41. The lowest BCUT2D eigenvalue weighted by Gasteiger charge is -2.19. The van der Waals surface area contributed by atoms with Gasteiger partial charge in [0.05, 0.1) is 26.4 Å². The van der Waals surface area contributed by atoms with Gasteiger partial charge in [0.25, 0.3) is 0 Å². The van der Waals surface area contributed by atoms with Gasteiger partial charge < -0.3 is 34.6 Å². The molecule has 0 bridgehead atoms. The van der Waals surface area contributed by atoms with Gasteiger partial charge in [-0.3, -0.25) is 27.7 Å². The van der Waals surface area contributed by atoms with E-state index in [0.29, 0.717) is 12.8 Å². The zero-order valence-corrected chi connectivity index (χ0v) is 38.8. The number of hydrogen-bond acceptors (Lipinski definition) is 13. The third-order valence-corrected chi connectivity index (χ3v) is 10.4. The molecule has 0 aliphatic carbocycles. The lowest BCUT2D eigenvalue weighted by molar-refractivity contribution is -0.148. The van der Waals surface area contributed by atoms with Gasteiger partial charge in [0.1, 0.15) is 31.5 Å². The standard InChI is InChI=1S/C45H76O15P2/c1-3-5-7-9-11-13-15-17-19-21-23-25-27-29-31-33-44(49)55-35-41(46)37-57-61(51,52)59-39-43(48)40-60-62(53,54)58-38-42(47)36-56-45(50)34-32-30-28-26-24-22-20-18-16-14-12-10-8-6-4-2/h5-17,19,41-43,46-48H,3-4,18,20-40H2,1-2H3,(H,51,52)(H,53,54)/b7-5+,8-6+,11-9+,12-10+,15-13+,16-14+,19-17-. The van der Waals surface area contributed by atoms with Crippen molar-refractivity contribution < 1.29 is 71.4 Å². The molecule has 0 spiro atoms. The Morgan fingerprint density at radius 1 is 0.419 bits per heavy atom. The normalized spacial score (nSPS) is 16.0. The predicted octanol–water partition coefficient (Wildman–Crippen LogP) is 9.38. The molecule has 15 nitrogen and oxygen atoms in total. The second-order valence-electron chi connectivity index (χ2n) is 14.5. The number of hydrogen-bond donors (Lipinski definition) is 5. The Kier molecular flexibility index (Phi) is 39.1. The van der Waals surface area contributed by atoms with E-state index in [4.69, 9.17) is 9.47 Å². The van der Waals surface area contributed by atoms with Crippen molar-refractivity contribution in [3.63, 3.8) is 0 Å². The number of esters is 2. The molecular formula is C45H76O15P2. The van der Waals surface area contributed by atoms with Crippen molar-refractivity contribution in [3.8, 4) is 0 Å². The average Bonchev–Trinajstić information content (AvgIpc) is 3.24. The molecule has 5 atom stereocenters. The molecule has 0 saturated heterocycles. The Morgan fingerprint density at radius 2 is 0.694 bits per heavy atom. The number of phosphoric acid groups is 2. The van der Waals surface area contributed by atoms with Crippen LogP contribution in [0.4, 0.5) is 0 Å². The molecule has 0 heterocycles. The fourth-order valence-corrected chi connectivity index (χ4v) is 6.69. The van der Waals surface area contributed by atoms with E-state index in [-0.39, 0.29) is 12.8 Å². The molecule has 0 fully saturated rings. The zero-order valence-electron chi connectivity index (χ0n) is 37.0. The molecule has 0 amide bonds. The highest BCUT2D eigenvalue weighted by Gasteiger charge is 2.28. The van der Waals surface area contributed by atoms with Gasteiger partial charge >= 0.3 is 27.6 Å². The Hall–Kier alpha value is -2.78. The number of aliphatic hydroxyl groups excluding tert-OH is 3. The van der Waals surface area contributed by atoms with Crippen LogP contribution in [0.3, 0.4) is 0 Å². The number of aliphatic hydroxyl groups is 3. The summed E-state index contributed by atoms with van der Waals surface area (Å²) in [4.78, 5) is 43.6. The summed E-state index contributed by atoms with van der Waals surface area (Å²) in [6, 6.07) is 0. The summed E-state index contributed by atoms with van der Waals surface area (Å²) in [6.07, 6.45) is 40.0. The molecule has 0 rings (SSSR count). The molecule has 0 aliphatic rings. The predicted molar refractivity (Wildman–Crippen MR) is 242 cm³/mol. The third kappa shape index (κ3) is 42.5. The SMILES string of the molecule is CC/C=C/C=C/C=C/C=C\CCCCCCCC(=O)OCC(O)COP(=O)(O)OCC(O)COP(=O)(O)OCC(O)COC(=O)CCCCCCCCC/C=C/C=C/C=C/CC. The van der Waals surface area contributed by atoms with Crippen molar-refractivity contribution >= 4 is 27.6 Å². The van der Waals surface area contributed by atoms with E-state index in [2.05, 4.69) is 62.3 Å². The number of carbonyl (C=O) groups excluding carboxylic acids is 2. The molecule has 356 valence electrons. The molecular weight excluding hydrogens is 842 g/mol. The van der Waals surface area contributed by atoms with Crippen molar-refractivity contribution in [3.05, 3.63) is 85.1 Å². The van der Waals surface area contributed by atoms with Crippen LogP contribution in [0.5, 0.6) is 0 Å². The number of ether oxygens (including phenoxy) is 2. The topological polar surface area (TPSA) is 225 Å². The number of unbranched alkanes of at least 4 members (excludes halogenated alkanes) is 12. The van der Waals surface area contributed by atoms with E-state index < -0.39 is 85.5 Å². The summed E-state index contributed by atoms with van der Waals surface area (Å²) in [6.45, 7) is 0.0693. The molecule has 5 N–H and O–H groups in total. The van der Waals surface area contributed by atoms with E-state index in [1.54, 1.807) is 0 Å². The summed E-state index contributed by atoms with van der Waals surface area (Å²) in [7, 11) is -9.58. The van der Waals surface area contributed by atoms with Gasteiger partial charge in [-0.25, -0.2) is 9.13 Å². The highest BCUT2D eigenvalue weighted by Crippen LogP contribution is 2.45. The van der Waals surface area contributed by atoms with E-state index in [0.717, 1.165) is 89.9 Å². The molecule has 17 heteroatoms. The van der Waals surface area contributed by atoms with Gasteiger partial charge in [-0.05, 0) is 51.4 Å². The molecule has 0 aromatic carbocycles.